The second kappa shape index (κ2) is 8.60. The Morgan fingerprint density at radius 3 is 2.30 bits per heavy atom. The Hall–Kier alpha value is -0.650. The third-order valence-corrected chi connectivity index (χ3v) is 4.32. The molecule has 1 amide bonds. The quantitative estimate of drug-likeness (QED) is 0.812. The number of nitrogens with two attached hydrogens (primary N) is 1. The fourth-order valence-electron chi connectivity index (χ4n) is 3.08. The van der Waals surface area contributed by atoms with E-state index in [0.29, 0.717) is 31.7 Å². The van der Waals surface area contributed by atoms with Gasteiger partial charge in [0.2, 0.25) is 5.91 Å². The highest BCUT2D eigenvalue weighted by Crippen LogP contribution is 2.15. The molecule has 0 bridgehead atoms. The highest BCUT2D eigenvalue weighted by atomic mass is 16.5. The van der Waals surface area contributed by atoms with Gasteiger partial charge in [-0.05, 0) is 25.7 Å². The van der Waals surface area contributed by atoms with Crippen molar-refractivity contribution in [1.82, 2.24) is 9.80 Å². The van der Waals surface area contributed by atoms with Crippen LogP contribution >= 0.6 is 0 Å². The van der Waals surface area contributed by atoms with E-state index in [1.54, 1.807) is 0 Å². The number of carbonyl (C=O) groups is 1. The molecule has 0 atom stereocenters. The number of carbonyl (C=O) groups excluding carboxylic acids is 1. The van der Waals surface area contributed by atoms with Gasteiger partial charge in [0, 0.05) is 32.7 Å². The molecule has 2 saturated heterocycles. The van der Waals surface area contributed by atoms with Crippen molar-refractivity contribution < 1.29 is 9.53 Å². The zero-order valence-corrected chi connectivity index (χ0v) is 12.6. The molecule has 2 fully saturated rings. The largest absolute Gasteiger partial charge is 0.377 e. The van der Waals surface area contributed by atoms with Crippen LogP contribution in [0.1, 0.15) is 38.5 Å². The summed E-state index contributed by atoms with van der Waals surface area (Å²) >= 11 is 0. The lowest BCUT2D eigenvalue weighted by atomic mass is 10.1. The Morgan fingerprint density at radius 1 is 1.05 bits per heavy atom. The van der Waals surface area contributed by atoms with Gasteiger partial charge >= 0.3 is 0 Å². The van der Waals surface area contributed by atoms with Gasteiger partial charge in [-0.2, -0.15) is 0 Å². The van der Waals surface area contributed by atoms with Crippen LogP contribution in [0.15, 0.2) is 0 Å². The third-order valence-electron chi connectivity index (χ3n) is 4.32. The van der Waals surface area contributed by atoms with Gasteiger partial charge < -0.3 is 15.4 Å². The molecule has 2 aliphatic heterocycles. The summed E-state index contributed by atoms with van der Waals surface area (Å²) in [6, 6.07) is 0. The van der Waals surface area contributed by atoms with Crippen LogP contribution < -0.4 is 5.73 Å². The molecular weight excluding hydrogens is 254 g/mol. The molecule has 0 aliphatic carbocycles. The Kier molecular flexibility index (Phi) is 6.76. The Morgan fingerprint density at radius 2 is 1.70 bits per heavy atom. The zero-order chi connectivity index (χ0) is 14.2. The van der Waals surface area contributed by atoms with Crippen LogP contribution in [0.4, 0.5) is 0 Å². The number of rotatable bonds is 5. The average molecular weight is 283 g/mol. The van der Waals surface area contributed by atoms with Crippen molar-refractivity contribution in [3.05, 3.63) is 0 Å². The van der Waals surface area contributed by atoms with Crippen molar-refractivity contribution in [3.8, 4) is 0 Å². The molecule has 5 nitrogen and oxygen atoms in total. The molecule has 2 N–H and O–H groups in total. The van der Waals surface area contributed by atoms with E-state index in [9.17, 15) is 4.79 Å². The van der Waals surface area contributed by atoms with E-state index in [1.165, 1.54) is 25.7 Å². The second-order valence-electron chi connectivity index (χ2n) is 5.93. The molecular formula is C15H29N3O2. The Balaban J connectivity index is 1.67. The van der Waals surface area contributed by atoms with Crippen LogP contribution in [0.5, 0.6) is 0 Å². The molecule has 0 aromatic rings. The molecule has 0 spiro atoms. The van der Waals surface area contributed by atoms with E-state index in [4.69, 9.17) is 10.5 Å². The number of nitrogens with zero attached hydrogens (tertiary/aromatic N) is 2. The van der Waals surface area contributed by atoms with Gasteiger partial charge in [-0.15, -0.1) is 0 Å². The first-order chi connectivity index (χ1) is 9.79. The minimum atomic E-state index is 0.313. The van der Waals surface area contributed by atoms with Crippen molar-refractivity contribution in [3.63, 3.8) is 0 Å². The maximum Gasteiger partial charge on any atom is 0.236 e. The van der Waals surface area contributed by atoms with Crippen molar-refractivity contribution in [1.29, 1.82) is 0 Å². The fourth-order valence-corrected chi connectivity index (χ4v) is 3.08. The van der Waals surface area contributed by atoms with Crippen LogP contribution in [0.3, 0.4) is 0 Å². The number of ether oxygens (including phenoxy) is 1. The van der Waals surface area contributed by atoms with Gasteiger partial charge in [0.05, 0.1) is 19.3 Å². The number of piperidine rings is 1. The van der Waals surface area contributed by atoms with Gasteiger partial charge in [-0.25, -0.2) is 0 Å². The molecule has 20 heavy (non-hydrogen) atoms. The summed E-state index contributed by atoms with van der Waals surface area (Å²) in [5.74, 6) is 0.313. The summed E-state index contributed by atoms with van der Waals surface area (Å²) in [5, 5.41) is 0. The monoisotopic (exact) mass is 283 g/mol. The third kappa shape index (κ3) is 5.04. The van der Waals surface area contributed by atoms with Gasteiger partial charge in [0.25, 0.3) is 0 Å². The maximum absolute atomic E-state index is 12.3. The first kappa shape index (κ1) is 15.7. The number of hydrogen-bond donors (Lipinski definition) is 1. The lowest BCUT2D eigenvalue weighted by molar-refractivity contribution is -0.133. The van der Waals surface area contributed by atoms with E-state index < -0.39 is 0 Å². The highest BCUT2D eigenvalue weighted by molar-refractivity contribution is 5.78. The Bertz CT molecular complexity index is 283. The van der Waals surface area contributed by atoms with Gasteiger partial charge in [-0.1, -0.05) is 12.8 Å². The first-order valence-corrected chi connectivity index (χ1v) is 8.11. The lowest BCUT2D eigenvalue weighted by Crippen LogP contribution is -2.45. The van der Waals surface area contributed by atoms with E-state index in [1.807, 2.05) is 0 Å². The highest BCUT2D eigenvalue weighted by Gasteiger charge is 2.23. The van der Waals surface area contributed by atoms with E-state index in [2.05, 4.69) is 9.80 Å². The normalized spacial score (nSPS) is 22.8. The molecule has 0 unspecified atom stereocenters. The van der Waals surface area contributed by atoms with Gasteiger partial charge in [0.15, 0.2) is 0 Å². The summed E-state index contributed by atoms with van der Waals surface area (Å²) < 4.78 is 5.67. The van der Waals surface area contributed by atoms with Crippen molar-refractivity contribution in [2.24, 2.45) is 5.73 Å². The summed E-state index contributed by atoms with van der Waals surface area (Å²) in [6.45, 7) is 5.67. The molecule has 0 aromatic carbocycles. The molecule has 2 rings (SSSR count). The Labute approximate surface area is 122 Å². The predicted octanol–water partition coefficient (Wildman–Crippen LogP) is 0.829. The van der Waals surface area contributed by atoms with Crippen molar-refractivity contribution >= 4 is 5.91 Å². The molecule has 116 valence electrons. The minimum Gasteiger partial charge on any atom is -0.377 e. The molecule has 0 aromatic heterocycles. The van der Waals surface area contributed by atoms with Crippen LogP contribution in [-0.2, 0) is 9.53 Å². The number of amides is 1. The minimum absolute atomic E-state index is 0.313. The second-order valence-corrected chi connectivity index (χ2v) is 5.93. The van der Waals surface area contributed by atoms with Crippen LogP contribution in [0, 0.1) is 0 Å². The molecule has 2 aliphatic rings. The summed E-state index contributed by atoms with van der Waals surface area (Å²) in [6.07, 6.45) is 7.26. The summed E-state index contributed by atoms with van der Waals surface area (Å²) in [5.41, 5.74) is 5.45. The van der Waals surface area contributed by atoms with Crippen LogP contribution in [0.2, 0.25) is 0 Å². The number of hydrogen-bond acceptors (Lipinski definition) is 4. The van der Waals surface area contributed by atoms with Crippen molar-refractivity contribution in [2.45, 2.75) is 44.6 Å². The average Bonchev–Trinajstić information content (AvgIpc) is 2.75. The first-order valence-electron chi connectivity index (χ1n) is 8.11. The van der Waals surface area contributed by atoms with E-state index in [0.717, 1.165) is 39.0 Å². The van der Waals surface area contributed by atoms with Crippen molar-refractivity contribution in [2.75, 3.05) is 45.9 Å². The molecule has 2 heterocycles. The number of likely N-dealkylation sites (tertiary alicyclic amines) is 2. The SMILES string of the molecule is NCCOC1CCN(CC(=O)N2CCCCCC2)CC1. The predicted molar refractivity (Wildman–Crippen MR) is 79.5 cm³/mol. The molecule has 0 saturated carbocycles. The summed E-state index contributed by atoms with van der Waals surface area (Å²) in [7, 11) is 0. The van der Waals surface area contributed by atoms with E-state index >= 15 is 0 Å². The molecule has 5 heteroatoms. The lowest BCUT2D eigenvalue weighted by Gasteiger charge is -2.32. The van der Waals surface area contributed by atoms with Crippen LogP contribution in [-0.4, -0.2) is 67.7 Å². The van der Waals surface area contributed by atoms with Gasteiger partial charge in [-0.3, -0.25) is 9.69 Å². The fraction of sp³-hybridized carbons (Fsp3) is 0.933. The topological polar surface area (TPSA) is 58.8 Å². The van der Waals surface area contributed by atoms with Crippen LogP contribution in [0.25, 0.3) is 0 Å². The standard InChI is InChI=1S/C15H29N3O2/c16-7-12-20-14-5-10-17(11-6-14)13-15(19)18-8-3-1-2-4-9-18/h14H,1-13,16H2. The zero-order valence-electron chi connectivity index (χ0n) is 12.6. The smallest absolute Gasteiger partial charge is 0.236 e. The van der Waals surface area contributed by atoms with Gasteiger partial charge in [0.1, 0.15) is 0 Å². The summed E-state index contributed by atoms with van der Waals surface area (Å²) in [4.78, 5) is 16.6. The molecule has 0 radical (unpaired) electrons. The van der Waals surface area contributed by atoms with E-state index in [-0.39, 0.29) is 0 Å². The maximum atomic E-state index is 12.3.